The van der Waals surface area contributed by atoms with Gasteiger partial charge in [0.05, 0.1) is 11.4 Å². The third-order valence-electron chi connectivity index (χ3n) is 5.05. The number of rotatable bonds is 10. The first-order valence-electron chi connectivity index (χ1n) is 10.7. The minimum Gasteiger partial charge on any atom is -0.454 e. The Labute approximate surface area is 197 Å². The Kier molecular flexibility index (Phi) is 6.91. The lowest BCUT2D eigenvalue weighted by molar-refractivity contribution is 0.174. The fourth-order valence-electron chi connectivity index (χ4n) is 3.61. The molecule has 180 valence electrons. The molecule has 3 heterocycles. The van der Waals surface area contributed by atoms with Crippen LogP contribution in [0.15, 0.2) is 27.2 Å². The minimum atomic E-state index is -3.29. The summed E-state index contributed by atoms with van der Waals surface area (Å²) in [5.41, 5.74) is 7.57. The number of hydrogen-bond donors (Lipinski definition) is 4. The van der Waals surface area contributed by atoms with Crippen molar-refractivity contribution in [3.63, 3.8) is 0 Å². The van der Waals surface area contributed by atoms with Gasteiger partial charge in [0, 0.05) is 37.2 Å². The van der Waals surface area contributed by atoms with Crippen molar-refractivity contribution in [3.05, 3.63) is 17.8 Å². The van der Waals surface area contributed by atoms with E-state index in [0.29, 0.717) is 54.4 Å². The Morgan fingerprint density at radius 1 is 1.30 bits per heavy atom. The second-order valence-corrected chi connectivity index (χ2v) is 11.0. The number of benzene rings is 1. The molecule has 0 amide bonds. The van der Waals surface area contributed by atoms with E-state index in [1.54, 1.807) is 0 Å². The summed E-state index contributed by atoms with van der Waals surface area (Å²) in [6.07, 6.45) is 0.590. The largest absolute Gasteiger partial charge is 0.454 e. The molecule has 1 aromatic carbocycles. The first-order chi connectivity index (χ1) is 15.8. The molecule has 0 radical (unpaired) electrons. The summed E-state index contributed by atoms with van der Waals surface area (Å²) >= 11 is 1.46. The highest BCUT2D eigenvalue weighted by atomic mass is 32.2. The average molecular weight is 496 g/mol. The second-order valence-electron chi connectivity index (χ2n) is 8.10. The van der Waals surface area contributed by atoms with Crippen LogP contribution in [0.2, 0.25) is 0 Å². The standard InChI is InChI=1S/C20H29N7O4S2/c1-12(2)9-33(28,29)25-5-4-6-27-19-17(18(21)23-10-24-19)26-20(27)32-16-8-15-14(30-11-31-15)7-13(16)22-3/h7-8,12,22,24-25H,4-6,9-11H2,1-3H3,(H2,21,23). The highest BCUT2D eigenvalue weighted by molar-refractivity contribution is 7.99. The molecule has 0 spiro atoms. The smallest absolute Gasteiger partial charge is 0.231 e. The van der Waals surface area contributed by atoms with Gasteiger partial charge in [-0.05, 0) is 24.1 Å². The Balaban J connectivity index is 1.56. The number of nitrogens with one attached hydrogen (secondary N) is 3. The SMILES string of the molecule is CNc1cc2c(cc1Sc1nc3c(n1CCCNS(=O)(=O)CC(C)C)NCN=C3N)OCO2. The van der Waals surface area contributed by atoms with Crippen LogP contribution < -0.4 is 30.6 Å². The van der Waals surface area contributed by atoms with Gasteiger partial charge in [0.1, 0.15) is 24.0 Å². The zero-order valence-electron chi connectivity index (χ0n) is 18.8. The van der Waals surface area contributed by atoms with Gasteiger partial charge in [0.2, 0.25) is 16.8 Å². The predicted octanol–water partition coefficient (Wildman–Crippen LogP) is 1.86. The van der Waals surface area contributed by atoms with Crippen molar-refractivity contribution in [1.82, 2.24) is 14.3 Å². The number of ether oxygens (including phenoxy) is 2. The van der Waals surface area contributed by atoms with E-state index < -0.39 is 10.0 Å². The molecule has 2 aliphatic rings. The van der Waals surface area contributed by atoms with Crippen LogP contribution in [0.3, 0.4) is 0 Å². The van der Waals surface area contributed by atoms with Gasteiger partial charge in [0.15, 0.2) is 16.7 Å². The number of aromatic nitrogens is 2. The van der Waals surface area contributed by atoms with Crippen molar-refractivity contribution < 1.29 is 17.9 Å². The van der Waals surface area contributed by atoms with E-state index in [4.69, 9.17) is 20.2 Å². The molecule has 11 nitrogen and oxygen atoms in total. The number of amidine groups is 1. The maximum absolute atomic E-state index is 12.1. The van der Waals surface area contributed by atoms with Crippen LogP contribution in [0.4, 0.5) is 11.5 Å². The molecule has 2 aliphatic heterocycles. The predicted molar refractivity (Wildman–Crippen MR) is 129 cm³/mol. The van der Waals surface area contributed by atoms with Crippen molar-refractivity contribution >= 4 is 39.1 Å². The van der Waals surface area contributed by atoms with Gasteiger partial charge in [-0.3, -0.25) is 0 Å². The number of sulfonamides is 1. The number of aliphatic imine (C=N–C) groups is 1. The summed E-state index contributed by atoms with van der Waals surface area (Å²) in [6, 6.07) is 3.82. The van der Waals surface area contributed by atoms with Gasteiger partial charge in [0.25, 0.3) is 0 Å². The molecule has 0 saturated carbocycles. The van der Waals surface area contributed by atoms with E-state index in [1.807, 2.05) is 37.6 Å². The molecule has 2 aromatic rings. The zero-order chi connectivity index (χ0) is 23.6. The third kappa shape index (κ3) is 5.31. The molecule has 0 bridgehead atoms. The lowest BCUT2D eigenvalue weighted by Gasteiger charge is -2.16. The van der Waals surface area contributed by atoms with Gasteiger partial charge in [-0.2, -0.15) is 0 Å². The average Bonchev–Trinajstić information content (AvgIpc) is 3.34. The van der Waals surface area contributed by atoms with E-state index in [1.165, 1.54) is 11.8 Å². The molecule has 5 N–H and O–H groups in total. The highest BCUT2D eigenvalue weighted by Gasteiger charge is 2.25. The quantitative estimate of drug-likeness (QED) is 0.363. The number of nitrogens with two attached hydrogens (primary N) is 1. The molecule has 0 fully saturated rings. The van der Waals surface area contributed by atoms with E-state index in [2.05, 4.69) is 20.3 Å². The lowest BCUT2D eigenvalue weighted by Crippen LogP contribution is -2.30. The van der Waals surface area contributed by atoms with Crippen molar-refractivity contribution in [2.24, 2.45) is 16.6 Å². The maximum atomic E-state index is 12.1. The molecule has 0 saturated heterocycles. The zero-order valence-corrected chi connectivity index (χ0v) is 20.5. The second kappa shape index (κ2) is 9.69. The minimum absolute atomic E-state index is 0.0701. The summed E-state index contributed by atoms with van der Waals surface area (Å²) in [5.74, 6) is 2.71. The first-order valence-corrected chi connectivity index (χ1v) is 13.2. The number of anilines is 2. The topological polar surface area (TPSA) is 145 Å². The van der Waals surface area contributed by atoms with E-state index in [0.717, 1.165) is 16.4 Å². The molecule has 33 heavy (non-hydrogen) atoms. The molecule has 4 rings (SSSR count). The van der Waals surface area contributed by atoms with Crippen molar-refractivity contribution in [3.8, 4) is 11.5 Å². The monoisotopic (exact) mass is 495 g/mol. The molecule has 0 unspecified atom stereocenters. The molecular formula is C20H29N7O4S2. The molecule has 13 heteroatoms. The van der Waals surface area contributed by atoms with Crippen LogP contribution in [0, 0.1) is 5.92 Å². The fourth-order valence-corrected chi connectivity index (χ4v) is 6.13. The van der Waals surface area contributed by atoms with Gasteiger partial charge in [-0.1, -0.05) is 13.8 Å². The first kappa shape index (κ1) is 23.5. The fraction of sp³-hybridized carbons (Fsp3) is 0.500. The van der Waals surface area contributed by atoms with Crippen molar-refractivity contribution in [2.75, 3.05) is 43.4 Å². The van der Waals surface area contributed by atoms with Crippen LogP contribution in [0.5, 0.6) is 11.5 Å². The van der Waals surface area contributed by atoms with Crippen LogP contribution >= 0.6 is 11.8 Å². The van der Waals surface area contributed by atoms with E-state index >= 15 is 0 Å². The highest BCUT2D eigenvalue weighted by Crippen LogP contribution is 2.43. The Hall–Kier alpha value is -2.64. The number of nitrogens with zero attached hydrogens (tertiary/aromatic N) is 3. The Bertz CT molecular complexity index is 1160. The van der Waals surface area contributed by atoms with Gasteiger partial charge in [-0.25, -0.2) is 23.1 Å². The Morgan fingerprint density at radius 2 is 2.06 bits per heavy atom. The number of fused-ring (bicyclic) bond motifs is 2. The van der Waals surface area contributed by atoms with Crippen LogP contribution in [0.1, 0.15) is 26.0 Å². The van der Waals surface area contributed by atoms with Crippen molar-refractivity contribution in [2.45, 2.75) is 36.9 Å². The normalized spacial score (nSPS) is 14.7. The summed E-state index contributed by atoms with van der Waals surface area (Å²) < 4.78 is 40.0. The summed E-state index contributed by atoms with van der Waals surface area (Å²) in [4.78, 5) is 9.87. The Morgan fingerprint density at radius 3 is 2.79 bits per heavy atom. The van der Waals surface area contributed by atoms with Crippen LogP contribution in [-0.4, -0.2) is 56.6 Å². The van der Waals surface area contributed by atoms with Crippen LogP contribution in [0.25, 0.3) is 0 Å². The van der Waals surface area contributed by atoms with E-state index in [-0.39, 0.29) is 18.5 Å². The molecule has 0 aliphatic carbocycles. The summed E-state index contributed by atoms with van der Waals surface area (Å²) in [5, 5.41) is 7.14. The molecular weight excluding hydrogens is 466 g/mol. The van der Waals surface area contributed by atoms with Crippen molar-refractivity contribution in [1.29, 1.82) is 0 Å². The van der Waals surface area contributed by atoms with Gasteiger partial charge < -0.3 is 30.4 Å². The van der Waals surface area contributed by atoms with Gasteiger partial charge in [-0.15, -0.1) is 0 Å². The molecule has 1 aromatic heterocycles. The lowest BCUT2D eigenvalue weighted by atomic mass is 10.3. The number of imidazole rings is 1. The van der Waals surface area contributed by atoms with Gasteiger partial charge >= 0.3 is 0 Å². The van der Waals surface area contributed by atoms with Crippen LogP contribution in [-0.2, 0) is 16.6 Å². The molecule has 0 atom stereocenters. The maximum Gasteiger partial charge on any atom is 0.231 e. The van der Waals surface area contributed by atoms with E-state index in [9.17, 15) is 8.42 Å². The summed E-state index contributed by atoms with van der Waals surface area (Å²) in [6.45, 7) is 5.21. The summed E-state index contributed by atoms with van der Waals surface area (Å²) in [7, 11) is -1.45. The number of hydrogen-bond acceptors (Lipinski definition) is 10. The third-order valence-corrected chi connectivity index (χ3v) is 7.85.